The van der Waals surface area contributed by atoms with Gasteiger partial charge in [0.15, 0.2) is 0 Å². The molecule has 0 radical (unpaired) electrons. The first-order valence-corrected chi connectivity index (χ1v) is 7.59. The summed E-state index contributed by atoms with van der Waals surface area (Å²) in [7, 11) is 0. The second kappa shape index (κ2) is 3.60. The van der Waals surface area contributed by atoms with Crippen molar-refractivity contribution >= 4 is 23.6 Å². The molecule has 0 spiro atoms. The van der Waals surface area contributed by atoms with Crippen molar-refractivity contribution in [3.63, 3.8) is 0 Å². The van der Waals surface area contributed by atoms with E-state index in [1.54, 1.807) is 0 Å². The van der Waals surface area contributed by atoms with E-state index in [0.717, 1.165) is 14.4 Å². The van der Waals surface area contributed by atoms with Gasteiger partial charge in [-0.2, -0.15) is 0 Å². The van der Waals surface area contributed by atoms with E-state index < -0.39 is 0 Å². The van der Waals surface area contributed by atoms with Gasteiger partial charge in [0.25, 0.3) is 0 Å². The Morgan fingerprint density at radius 1 is 1.12 bits per heavy atom. The first kappa shape index (κ1) is 6.73. The molecule has 0 aromatic heterocycles. The Morgan fingerprint density at radius 3 is 2.12 bits per heavy atom. The van der Waals surface area contributed by atoms with Crippen LogP contribution in [0.2, 0.25) is 0 Å². The van der Waals surface area contributed by atoms with Crippen molar-refractivity contribution in [3.05, 3.63) is 30.3 Å². The zero-order chi connectivity index (χ0) is 5.82. The van der Waals surface area contributed by atoms with E-state index in [0.29, 0.717) is 0 Å². The molecule has 2 heteroatoms. The van der Waals surface area contributed by atoms with Crippen molar-refractivity contribution in [2.24, 2.45) is 0 Å². The van der Waals surface area contributed by atoms with Gasteiger partial charge in [0.1, 0.15) is 0 Å². The predicted molar refractivity (Wildman–Crippen MR) is 40.1 cm³/mol. The Balaban J connectivity index is 2.83. The van der Waals surface area contributed by atoms with Gasteiger partial charge < -0.3 is 0 Å². The second-order valence-electron chi connectivity index (χ2n) is 1.32. The normalized spacial score (nSPS) is 9.62. The van der Waals surface area contributed by atoms with Crippen molar-refractivity contribution in [3.8, 4) is 0 Å². The van der Waals surface area contributed by atoms with Gasteiger partial charge in [-0.3, -0.25) is 0 Å². The summed E-state index contributed by atoms with van der Waals surface area (Å²) in [5.74, 6) is 0. The zero-order valence-corrected chi connectivity index (χ0v) is 7.79. The molecule has 0 aliphatic carbocycles. The third kappa shape index (κ3) is 1.85. The average Bonchev–Trinajstić information content (AvgIpc) is 1.90. The molecule has 46 valence electrons. The molecular weight excluding hydrogens is 305 g/mol. The molecule has 0 saturated heterocycles. The molecule has 0 fully saturated rings. The third-order valence-electron chi connectivity index (χ3n) is 0.782. The summed E-state index contributed by atoms with van der Waals surface area (Å²) in [5, 5.41) is 0. The zero-order valence-electron chi connectivity index (χ0n) is 4.08. The molecule has 0 saturated carbocycles. The maximum absolute atomic E-state index is 2.40. The summed E-state index contributed by atoms with van der Waals surface area (Å²) < 4.78 is 1.45. The van der Waals surface area contributed by atoms with Crippen LogP contribution in [-0.2, 0) is 14.4 Å². The molecule has 1 aromatic carbocycles. The van der Waals surface area contributed by atoms with Crippen molar-refractivity contribution in [1.82, 2.24) is 0 Å². The number of benzene rings is 1. The first-order valence-electron chi connectivity index (χ1n) is 2.19. The average molecular weight is 310 g/mol. The summed E-state index contributed by atoms with van der Waals surface area (Å²) in [6.07, 6.45) is 0. The Kier molecular flexibility index (Phi) is 3.03. The summed E-state index contributed by atoms with van der Waals surface area (Å²) in [6, 6.07) is 10.5. The van der Waals surface area contributed by atoms with Crippen LogP contribution in [0.4, 0.5) is 0 Å². The van der Waals surface area contributed by atoms with E-state index in [9.17, 15) is 0 Å². The van der Waals surface area contributed by atoms with Gasteiger partial charge in [-0.25, -0.2) is 0 Å². The monoisotopic (exact) mass is 310 g/mol. The summed E-state index contributed by atoms with van der Waals surface area (Å²) >= 11 is 3.14. The first-order chi connectivity index (χ1) is 3.93. The number of halogens is 1. The van der Waals surface area contributed by atoms with Crippen molar-refractivity contribution in [2.45, 2.75) is 0 Å². The van der Waals surface area contributed by atoms with E-state index in [1.165, 1.54) is 4.04 Å². The van der Waals surface area contributed by atoms with Crippen LogP contribution in [0, 0.1) is 0 Å². The van der Waals surface area contributed by atoms with Crippen LogP contribution in [-0.4, -0.2) is 0 Å². The Morgan fingerprint density at radius 2 is 1.75 bits per heavy atom. The van der Waals surface area contributed by atoms with Gasteiger partial charge >= 0.3 is 68.2 Å². The van der Waals surface area contributed by atoms with E-state index in [4.69, 9.17) is 0 Å². The fourth-order valence-corrected chi connectivity index (χ4v) is 2.28. The maximum atomic E-state index is 2.40. The molecule has 1 aromatic rings. The molecule has 0 heterocycles. The molecule has 0 nitrogen and oxygen atoms in total. The molecule has 0 N–H and O–H groups in total. The molecule has 0 amide bonds. The van der Waals surface area contributed by atoms with Crippen molar-refractivity contribution in [2.75, 3.05) is 0 Å². The number of hydrogen-bond donors (Lipinski definition) is 0. The van der Waals surface area contributed by atoms with Gasteiger partial charge in [0.05, 0.1) is 0 Å². The van der Waals surface area contributed by atoms with Gasteiger partial charge in [-0.1, -0.05) is 0 Å². The van der Waals surface area contributed by atoms with E-state index >= 15 is 0 Å². The van der Waals surface area contributed by atoms with Crippen LogP contribution in [0.3, 0.4) is 0 Å². The van der Waals surface area contributed by atoms with Crippen LogP contribution in [0.15, 0.2) is 30.3 Å². The minimum atomic E-state index is 0.732. The van der Waals surface area contributed by atoms with Gasteiger partial charge in [-0.05, 0) is 0 Å². The molecule has 0 bridgehead atoms. The van der Waals surface area contributed by atoms with Crippen LogP contribution in [0.1, 0.15) is 0 Å². The Labute approximate surface area is 67.8 Å². The number of hydrogen-bond acceptors (Lipinski definition) is 0. The van der Waals surface area contributed by atoms with Crippen LogP contribution in [0.5, 0.6) is 0 Å². The summed E-state index contributed by atoms with van der Waals surface area (Å²) in [6.45, 7) is 0. The fraction of sp³-hybridized carbons (Fsp3) is 0. The van der Waals surface area contributed by atoms with E-state index in [2.05, 4.69) is 43.8 Å². The predicted octanol–water partition coefficient (Wildman–Crippen LogP) is 1.74. The fourth-order valence-electron chi connectivity index (χ4n) is 0.443. The van der Waals surface area contributed by atoms with E-state index in [-0.39, 0.29) is 0 Å². The third-order valence-corrected chi connectivity index (χ3v) is 3.97. The second-order valence-corrected chi connectivity index (χ2v) is 4.53. The Hall–Kier alpha value is 0.612. The van der Waals surface area contributed by atoms with Crippen LogP contribution < -0.4 is 4.04 Å². The standard InChI is InChI=1S/C6H5.HI.Pd/c1-2-4-6-5-3-1;;/h1-5H;1H;/q;;+1/p-1. The molecule has 0 atom stereocenters. The van der Waals surface area contributed by atoms with Crippen LogP contribution in [0.25, 0.3) is 0 Å². The SMILES string of the molecule is [I][Pd][c]1ccccc1. The van der Waals surface area contributed by atoms with Crippen molar-refractivity contribution in [1.29, 1.82) is 0 Å². The van der Waals surface area contributed by atoms with Gasteiger partial charge in [0.2, 0.25) is 0 Å². The van der Waals surface area contributed by atoms with Crippen LogP contribution >= 0.6 is 19.5 Å². The molecule has 0 aliphatic heterocycles. The molecule has 0 unspecified atom stereocenters. The molecule has 0 aliphatic rings. The number of rotatable bonds is 1. The van der Waals surface area contributed by atoms with Crippen molar-refractivity contribution < 1.29 is 14.4 Å². The van der Waals surface area contributed by atoms with Gasteiger partial charge in [0, 0.05) is 0 Å². The van der Waals surface area contributed by atoms with Gasteiger partial charge in [-0.15, -0.1) is 0 Å². The molecule has 1 rings (SSSR count). The summed E-state index contributed by atoms with van der Waals surface area (Å²) in [4.78, 5) is 0. The molecular formula is C6H5IPd. The minimum absolute atomic E-state index is 0.732. The summed E-state index contributed by atoms with van der Waals surface area (Å²) in [5.41, 5.74) is 0. The molecule has 8 heavy (non-hydrogen) atoms. The topological polar surface area (TPSA) is 0 Å². The van der Waals surface area contributed by atoms with E-state index in [1.807, 2.05) is 6.07 Å². The Bertz CT molecular complexity index is 150. The quantitative estimate of drug-likeness (QED) is 0.548.